The number of anilines is 1. The normalized spacial score (nSPS) is 14.3. The molecule has 5 nitrogen and oxygen atoms in total. The van der Waals surface area contributed by atoms with Gasteiger partial charge in [-0.05, 0) is 29.8 Å². The molecule has 2 aromatic rings. The second-order valence-electron chi connectivity index (χ2n) is 5.66. The number of piperazine rings is 1. The van der Waals surface area contributed by atoms with Crippen LogP contribution < -0.4 is 4.90 Å². The standard InChI is InChI=1S/C18H17BrN4O/c19-16-5-3-14(4-6-16)12-17(24)22-8-10-23(11-9-22)18-15(13-20)2-1-7-21-18/h1-7H,8-12H2. The molecule has 0 radical (unpaired) electrons. The summed E-state index contributed by atoms with van der Waals surface area (Å²) in [6.07, 6.45) is 2.11. The number of hydrogen-bond donors (Lipinski definition) is 0. The second kappa shape index (κ2) is 7.45. The molecule has 0 spiro atoms. The Kier molecular flexibility index (Phi) is 5.11. The van der Waals surface area contributed by atoms with Crippen molar-refractivity contribution in [3.8, 4) is 6.07 Å². The molecule has 1 saturated heterocycles. The van der Waals surface area contributed by atoms with Crippen molar-refractivity contribution in [2.24, 2.45) is 0 Å². The smallest absolute Gasteiger partial charge is 0.227 e. The summed E-state index contributed by atoms with van der Waals surface area (Å²) in [6, 6.07) is 13.5. The Labute approximate surface area is 149 Å². The van der Waals surface area contributed by atoms with Gasteiger partial charge in [0.2, 0.25) is 5.91 Å². The van der Waals surface area contributed by atoms with Gasteiger partial charge in [0, 0.05) is 36.8 Å². The highest BCUT2D eigenvalue weighted by Crippen LogP contribution is 2.18. The van der Waals surface area contributed by atoms with Crippen molar-refractivity contribution < 1.29 is 4.79 Å². The Hall–Kier alpha value is -2.39. The van der Waals surface area contributed by atoms with E-state index in [0.717, 1.165) is 10.0 Å². The molecule has 1 aromatic carbocycles. The van der Waals surface area contributed by atoms with Gasteiger partial charge in [-0.25, -0.2) is 4.98 Å². The number of carbonyl (C=O) groups is 1. The molecule has 1 amide bonds. The van der Waals surface area contributed by atoms with Crippen LogP contribution in [0.4, 0.5) is 5.82 Å². The van der Waals surface area contributed by atoms with E-state index < -0.39 is 0 Å². The zero-order valence-corrected chi connectivity index (χ0v) is 14.7. The van der Waals surface area contributed by atoms with Gasteiger partial charge in [-0.15, -0.1) is 0 Å². The third-order valence-corrected chi connectivity index (χ3v) is 4.64. The number of halogens is 1. The van der Waals surface area contributed by atoms with Crippen LogP contribution in [0.3, 0.4) is 0 Å². The minimum absolute atomic E-state index is 0.137. The summed E-state index contributed by atoms with van der Waals surface area (Å²) in [5.74, 6) is 0.846. The third-order valence-electron chi connectivity index (χ3n) is 4.11. The minimum Gasteiger partial charge on any atom is -0.352 e. The van der Waals surface area contributed by atoms with Crippen molar-refractivity contribution >= 4 is 27.7 Å². The summed E-state index contributed by atoms with van der Waals surface area (Å²) in [7, 11) is 0. The van der Waals surface area contributed by atoms with E-state index in [1.165, 1.54) is 0 Å². The highest BCUT2D eigenvalue weighted by molar-refractivity contribution is 9.10. The molecule has 122 valence electrons. The lowest BCUT2D eigenvalue weighted by Gasteiger charge is -2.35. The van der Waals surface area contributed by atoms with E-state index in [9.17, 15) is 10.1 Å². The predicted octanol–water partition coefficient (Wildman–Crippen LogP) is 2.61. The Morgan fingerprint density at radius 1 is 1.17 bits per heavy atom. The summed E-state index contributed by atoms with van der Waals surface area (Å²) in [5.41, 5.74) is 1.59. The number of nitriles is 1. The summed E-state index contributed by atoms with van der Waals surface area (Å²) < 4.78 is 1.01. The quantitative estimate of drug-likeness (QED) is 0.815. The van der Waals surface area contributed by atoms with Crippen molar-refractivity contribution in [2.45, 2.75) is 6.42 Å². The number of hydrogen-bond acceptors (Lipinski definition) is 4. The Balaban J connectivity index is 1.59. The summed E-state index contributed by atoms with van der Waals surface area (Å²) in [6.45, 7) is 2.68. The molecule has 0 saturated carbocycles. The van der Waals surface area contributed by atoms with Gasteiger partial charge >= 0.3 is 0 Å². The van der Waals surface area contributed by atoms with Crippen LogP contribution >= 0.6 is 15.9 Å². The molecular formula is C18H17BrN4O. The fraction of sp³-hybridized carbons (Fsp3) is 0.278. The SMILES string of the molecule is N#Cc1cccnc1N1CCN(C(=O)Cc2ccc(Br)cc2)CC1. The van der Waals surface area contributed by atoms with Gasteiger partial charge in [-0.3, -0.25) is 4.79 Å². The summed E-state index contributed by atoms with van der Waals surface area (Å²) in [5, 5.41) is 9.19. The van der Waals surface area contributed by atoms with Gasteiger partial charge in [0.15, 0.2) is 0 Å². The number of rotatable bonds is 3. The highest BCUT2D eigenvalue weighted by atomic mass is 79.9. The van der Waals surface area contributed by atoms with E-state index in [0.29, 0.717) is 44.0 Å². The first-order valence-corrected chi connectivity index (χ1v) is 8.59. The van der Waals surface area contributed by atoms with Gasteiger partial charge in [-0.1, -0.05) is 28.1 Å². The molecule has 6 heteroatoms. The topological polar surface area (TPSA) is 60.2 Å². The largest absolute Gasteiger partial charge is 0.352 e. The molecule has 1 aliphatic heterocycles. The van der Waals surface area contributed by atoms with Crippen molar-refractivity contribution in [1.82, 2.24) is 9.88 Å². The van der Waals surface area contributed by atoms with Crippen LogP contribution in [0.25, 0.3) is 0 Å². The molecule has 0 atom stereocenters. The molecular weight excluding hydrogens is 368 g/mol. The zero-order valence-electron chi connectivity index (χ0n) is 13.2. The van der Waals surface area contributed by atoms with Crippen molar-refractivity contribution in [3.05, 3.63) is 58.2 Å². The van der Waals surface area contributed by atoms with E-state index >= 15 is 0 Å². The van der Waals surface area contributed by atoms with Crippen molar-refractivity contribution in [2.75, 3.05) is 31.1 Å². The van der Waals surface area contributed by atoms with Crippen molar-refractivity contribution in [1.29, 1.82) is 5.26 Å². The van der Waals surface area contributed by atoms with E-state index in [1.54, 1.807) is 18.3 Å². The maximum absolute atomic E-state index is 12.4. The number of pyridine rings is 1. The molecule has 1 fully saturated rings. The highest BCUT2D eigenvalue weighted by Gasteiger charge is 2.23. The molecule has 0 N–H and O–H groups in total. The number of aromatic nitrogens is 1. The Bertz CT molecular complexity index is 761. The summed E-state index contributed by atoms with van der Waals surface area (Å²) >= 11 is 3.40. The lowest BCUT2D eigenvalue weighted by molar-refractivity contribution is -0.130. The number of benzene rings is 1. The molecule has 0 bridgehead atoms. The van der Waals surface area contributed by atoms with Gasteiger partial charge in [0.05, 0.1) is 12.0 Å². The first-order valence-electron chi connectivity index (χ1n) is 7.79. The fourth-order valence-corrected chi connectivity index (χ4v) is 3.06. The summed E-state index contributed by atoms with van der Waals surface area (Å²) in [4.78, 5) is 20.7. The van der Waals surface area contributed by atoms with E-state index in [2.05, 4.69) is 31.9 Å². The Morgan fingerprint density at radius 2 is 1.88 bits per heavy atom. The number of carbonyl (C=O) groups excluding carboxylic acids is 1. The van der Waals surface area contributed by atoms with Crippen LogP contribution in [0.2, 0.25) is 0 Å². The molecule has 0 aliphatic carbocycles. The second-order valence-corrected chi connectivity index (χ2v) is 6.57. The first kappa shape index (κ1) is 16.5. The van der Waals surface area contributed by atoms with Gasteiger partial charge in [0.25, 0.3) is 0 Å². The lowest BCUT2D eigenvalue weighted by Crippen LogP contribution is -2.49. The molecule has 3 rings (SSSR count). The van der Waals surface area contributed by atoms with E-state index in [1.807, 2.05) is 29.2 Å². The molecule has 1 aliphatic rings. The van der Waals surface area contributed by atoms with E-state index in [4.69, 9.17) is 0 Å². The zero-order chi connectivity index (χ0) is 16.9. The van der Waals surface area contributed by atoms with Gasteiger partial charge in [-0.2, -0.15) is 5.26 Å². The van der Waals surface area contributed by atoms with Gasteiger partial charge < -0.3 is 9.80 Å². The van der Waals surface area contributed by atoms with Crippen LogP contribution in [0.15, 0.2) is 47.1 Å². The van der Waals surface area contributed by atoms with Crippen molar-refractivity contribution in [3.63, 3.8) is 0 Å². The predicted molar refractivity (Wildman–Crippen MR) is 95.6 cm³/mol. The Morgan fingerprint density at radius 3 is 2.54 bits per heavy atom. The molecule has 0 unspecified atom stereocenters. The third kappa shape index (κ3) is 3.74. The maximum atomic E-state index is 12.4. The van der Waals surface area contributed by atoms with Crippen LogP contribution in [-0.4, -0.2) is 42.0 Å². The molecule has 2 heterocycles. The average Bonchev–Trinajstić information content (AvgIpc) is 2.63. The minimum atomic E-state index is 0.137. The van der Waals surface area contributed by atoms with Crippen LogP contribution in [-0.2, 0) is 11.2 Å². The van der Waals surface area contributed by atoms with E-state index in [-0.39, 0.29) is 5.91 Å². The van der Waals surface area contributed by atoms with Crippen LogP contribution in [0.1, 0.15) is 11.1 Å². The first-order chi connectivity index (χ1) is 11.7. The lowest BCUT2D eigenvalue weighted by atomic mass is 10.1. The van der Waals surface area contributed by atoms with Gasteiger partial charge in [0.1, 0.15) is 11.9 Å². The average molecular weight is 385 g/mol. The monoisotopic (exact) mass is 384 g/mol. The maximum Gasteiger partial charge on any atom is 0.227 e. The number of amides is 1. The molecule has 24 heavy (non-hydrogen) atoms. The fourth-order valence-electron chi connectivity index (χ4n) is 2.79. The van der Waals surface area contributed by atoms with Crippen LogP contribution in [0.5, 0.6) is 0 Å². The molecule has 1 aromatic heterocycles. The van der Waals surface area contributed by atoms with Crippen LogP contribution in [0, 0.1) is 11.3 Å². The number of nitrogens with zero attached hydrogens (tertiary/aromatic N) is 4.